The van der Waals surface area contributed by atoms with Gasteiger partial charge in [0.1, 0.15) is 5.92 Å². The van der Waals surface area contributed by atoms with Gasteiger partial charge in [-0.2, -0.15) is 0 Å². The number of carbonyl (C=O) groups is 2. The lowest BCUT2D eigenvalue weighted by Gasteiger charge is -2.35. The maximum Gasteiger partial charge on any atom is 0.246 e. The van der Waals surface area contributed by atoms with Crippen LogP contribution in [0, 0.1) is 12.8 Å². The Bertz CT molecular complexity index is 1630. The number of ether oxygens (including phenoxy) is 1. The van der Waals surface area contributed by atoms with Gasteiger partial charge in [-0.25, -0.2) is 4.99 Å². The average molecular weight is 546 g/mol. The molecule has 41 heavy (non-hydrogen) atoms. The minimum atomic E-state index is -0.740. The third kappa shape index (κ3) is 4.81. The number of piperazine rings is 1. The minimum absolute atomic E-state index is 0.0868. The highest BCUT2D eigenvalue weighted by Gasteiger charge is 2.49. The summed E-state index contributed by atoms with van der Waals surface area (Å²) in [6.45, 7) is 8.54. The number of Topliss-reactive ketones (excluding diaryl/α,β-unsaturated/α-hetero) is 2. The Kier molecular flexibility index (Phi) is 6.61. The number of hydrogen-bond donors (Lipinski definition) is 2. The Balaban J connectivity index is 1.11. The Morgan fingerprint density at radius 2 is 1.63 bits per heavy atom. The number of nitrogens with zero attached hydrogens (tertiary/aromatic N) is 2. The van der Waals surface area contributed by atoms with Crippen molar-refractivity contribution in [1.29, 1.82) is 0 Å². The predicted molar refractivity (Wildman–Crippen MR) is 157 cm³/mol. The molecule has 2 N–H and O–H groups in total. The summed E-state index contributed by atoms with van der Waals surface area (Å²) < 4.78 is 6.33. The van der Waals surface area contributed by atoms with E-state index in [9.17, 15) is 9.59 Å². The van der Waals surface area contributed by atoms with Gasteiger partial charge >= 0.3 is 0 Å². The van der Waals surface area contributed by atoms with Gasteiger partial charge in [-0.1, -0.05) is 60.7 Å². The summed E-state index contributed by atoms with van der Waals surface area (Å²) in [5.41, 5.74) is 5.94. The molecule has 0 spiro atoms. The van der Waals surface area contributed by atoms with Crippen molar-refractivity contribution in [3.8, 4) is 5.75 Å². The summed E-state index contributed by atoms with van der Waals surface area (Å²) in [7, 11) is 0. The van der Waals surface area contributed by atoms with Gasteiger partial charge in [0, 0.05) is 80.4 Å². The molecule has 1 fully saturated rings. The van der Waals surface area contributed by atoms with E-state index in [1.54, 1.807) is 12.1 Å². The van der Waals surface area contributed by atoms with Crippen LogP contribution in [0.2, 0.25) is 0 Å². The molecule has 2 heterocycles. The summed E-state index contributed by atoms with van der Waals surface area (Å²) in [5, 5.41) is 3.52. The molecule has 206 valence electrons. The van der Waals surface area contributed by atoms with E-state index in [2.05, 4.69) is 50.4 Å². The number of nitrogens with one attached hydrogen (secondary N) is 2. The second kappa shape index (κ2) is 10.6. The first-order valence-corrected chi connectivity index (χ1v) is 14.3. The van der Waals surface area contributed by atoms with Crippen molar-refractivity contribution in [2.75, 3.05) is 39.3 Å². The zero-order valence-corrected chi connectivity index (χ0v) is 23.2. The number of aryl methyl sites for hydroxylation is 1. The van der Waals surface area contributed by atoms with Crippen LogP contribution in [0.25, 0.3) is 0 Å². The topological polar surface area (TPSA) is 75.9 Å². The lowest BCUT2D eigenvalue weighted by Crippen LogP contribution is -2.72. The molecule has 2 aliphatic carbocycles. The maximum atomic E-state index is 13.9. The van der Waals surface area contributed by atoms with Gasteiger partial charge in [-0.15, -0.1) is 0 Å². The van der Waals surface area contributed by atoms with Gasteiger partial charge in [-0.05, 0) is 24.1 Å². The van der Waals surface area contributed by atoms with E-state index in [0.29, 0.717) is 46.2 Å². The molecule has 0 saturated carbocycles. The fraction of sp³-hybridized carbons (Fsp3) is 0.265. The highest BCUT2D eigenvalue weighted by molar-refractivity contribution is 6.32. The van der Waals surface area contributed by atoms with Crippen LogP contribution in [0.15, 0.2) is 95.9 Å². The van der Waals surface area contributed by atoms with E-state index < -0.39 is 5.92 Å². The van der Waals surface area contributed by atoms with Crippen molar-refractivity contribution < 1.29 is 19.3 Å². The van der Waals surface area contributed by atoms with E-state index in [4.69, 9.17) is 4.74 Å². The largest absolute Gasteiger partial charge is 0.444 e. The van der Waals surface area contributed by atoms with Crippen molar-refractivity contribution in [2.45, 2.75) is 13.5 Å². The Morgan fingerprint density at radius 1 is 0.902 bits per heavy atom. The van der Waals surface area contributed by atoms with Crippen molar-refractivity contribution in [3.63, 3.8) is 0 Å². The molecule has 1 unspecified atom stereocenters. The number of benzene rings is 3. The fourth-order valence-corrected chi connectivity index (χ4v) is 6.25. The van der Waals surface area contributed by atoms with Gasteiger partial charge in [0.15, 0.2) is 23.1 Å². The zero-order valence-electron chi connectivity index (χ0n) is 23.2. The number of rotatable bonds is 6. The number of carbonyl (C=O) groups excluding carboxylic acids is 2. The molecular weight excluding hydrogens is 512 g/mol. The van der Waals surface area contributed by atoms with Crippen LogP contribution in [-0.2, 0) is 6.54 Å². The first-order valence-electron chi connectivity index (χ1n) is 14.3. The third-order valence-corrected chi connectivity index (χ3v) is 8.44. The summed E-state index contributed by atoms with van der Waals surface area (Å²) in [6, 6.07) is 23.7. The first kappa shape index (κ1) is 25.6. The molecular formula is C34H33N4O3+. The zero-order chi connectivity index (χ0) is 27.9. The molecule has 2 aliphatic heterocycles. The van der Waals surface area contributed by atoms with E-state index in [1.807, 2.05) is 43.3 Å². The number of ketones is 2. The minimum Gasteiger partial charge on any atom is -0.444 e. The van der Waals surface area contributed by atoms with Crippen LogP contribution in [0.4, 0.5) is 5.69 Å². The molecule has 7 rings (SSSR count). The van der Waals surface area contributed by atoms with Crippen LogP contribution in [0.5, 0.6) is 5.75 Å². The first-order chi connectivity index (χ1) is 20.0. The highest BCUT2D eigenvalue weighted by Crippen LogP contribution is 2.38. The highest BCUT2D eigenvalue weighted by atomic mass is 16.5. The van der Waals surface area contributed by atoms with Crippen molar-refractivity contribution in [1.82, 2.24) is 15.1 Å². The Labute approximate surface area is 239 Å². The molecule has 3 aromatic rings. The van der Waals surface area contributed by atoms with Gasteiger partial charge in [-0.3, -0.25) is 19.4 Å². The summed E-state index contributed by atoms with van der Waals surface area (Å²) in [5.74, 6) is 0.356. The summed E-state index contributed by atoms with van der Waals surface area (Å²) in [4.78, 5) is 36.1. The van der Waals surface area contributed by atoms with E-state index >= 15 is 0 Å². The second-order valence-corrected chi connectivity index (χ2v) is 11.2. The summed E-state index contributed by atoms with van der Waals surface area (Å²) >= 11 is 0. The predicted octanol–water partition coefficient (Wildman–Crippen LogP) is 2.79. The van der Waals surface area contributed by atoms with Crippen LogP contribution < -0.4 is 15.0 Å². The maximum absolute atomic E-state index is 13.9. The van der Waals surface area contributed by atoms with Crippen LogP contribution in [0.1, 0.15) is 31.8 Å². The molecule has 3 aromatic carbocycles. The van der Waals surface area contributed by atoms with Crippen LogP contribution in [-0.4, -0.2) is 66.3 Å². The number of allylic oxidation sites excluding steroid dienone is 3. The van der Waals surface area contributed by atoms with Gasteiger partial charge in [0.25, 0.3) is 0 Å². The van der Waals surface area contributed by atoms with Crippen molar-refractivity contribution >= 4 is 23.0 Å². The third-order valence-electron chi connectivity index (χ3n) is 8.44. The SMILES string of the molecule is Cc1ccc2c(c1)OC1=CC(NCCN3CCN(Cc4ccccc4)CC3)=C3C(=O)c4ccccc4C(=O)C3C1=[NH+]2. The molecule has 1 atom stereocenters. The quantitative estimate of drug-likeness (QED) is 0.496. The standard InChI is InChI=1S/C34H32N4O3/c1-22-11-12-26-28(19-22)41-29-20-27(30-31(32(29)36-26)34(40)25-10-6-5-9-24(25)33(30)39)35-13-14-37-15-17-38(18-16-37)21-23-7-3-2-4-8-23/h2-12,19-20,31,35H,13-18,21H2,1H3/p+1. The van der Waals surface area contributed by atoms with Crippen LogP contribution >= 0.6 is 0 Å². The molecule has 7 heteroatoms. The van der Waals surface area contributed by atoms with E-state index in [1.165, 1.54) is 5.56 Å². The smallest absolute Gasteiger partial charge is 0.246 e. The molecule has 0 radical (unpaired) electrons. The van der Waals surface area contributed by atoms with E-state index in [-0.39, 0.29) is 11.6 Å². The second-order valence-electron chi connectivity index (χ2n) is 11.2. The lowest BCUT2D eigenvalue weighted by atomic mass is 9.72. The Morgan fingerprint density at radius 3 is 2.44 bits per heavy atom. The van der Waals surface area contributed by atoms with Crippen LogP contribution in [0.3, 0.4) is 0 Å². The average Bonchev–Trinajstić information content (AvgIpc) is 3.00. The van der Waals surface area contributed by atoms with Gasteiger partial charge < -0.3 is 10.1 Å². The molecule has 4 aliphatic rings. The van der Waals surface area contributed by atoms with Gasteiger partial charge in [0.05, 0.1) is 0 Å². The Hall–Kier alpha value is -4.33. The molecule has 0 bridgehead atoms. The monoisotopic (exact) mass is 545 g/mol. The molecule has 0 amide bonds. The fourth-order valence-electron chi connectivity index (χ4n) is 6.25. The van der Waals surface area contributed by atoms with Crippen molar-refractivity contribution in [3.05, 3.63) is 118 Å². The van der Waals surface area contributed by atoms with Gasteiger partial charge in [0.2, 0.25) is 11.4 Å². The normalized spacial score (nSPS) is 20.3. The molecule has 0 aromatic heterocycles. The van der Waals surface area contributed by atoms with Crippen molar-refractivity contribution in [2.24, 2.45) is 5.92 Å². The number of fused-ring (bicyclic) bond motifs is 5. The van der Waals surface area contributed by atoms with E-state index in [0.717, 1.165) is 50.5 Å². The molecule has 1 saturated heterocycles. The molecule has 7 nitrogen and oxygen atoms in total. The lowest BCUT2D eigenvalue weighted by molar-refractivity contribution is -0.361. The number of hydrogen-bond acceptors (Lipinski definition) is 6. The summed E-state index contributed by atoms with van der Waals surface area (Å²) in [6.07, 6.45) is 1.89.